The first-order chi connectivity index (χ1) is 7.49. The third-order valence-corrected chi connectivity index (χ3v) is 1.90. The normalized spacial score (nSPS) is 12.3. The lowest BCUT2D eigenvalue weighted by Gasteiger charge is -2.13. The van der Waals surface area contributed by atoms with Crippen molar-refractivity contribution >= 4 is 5.91 Å². The lowest BCUT2D eigenvalue weighted by Crippen LogP contribution is -2.26. The molecule has 1 unspecified atom stereocenters. The lowest BCUT2D eigenvalue weighted by atomic mass is 10.1. The molecule has 0 heterocycles. The SMILES string of the molecule is CC(NOCC(N)=O)c1cc(O)cc(O)c1. The summed E-state index contributed by atoms with van der Waals surface area (Å²) in [6, 6.07) is 3.88. The first-order valence-electron chi connectivity index (χ1n) is 4.67. The molecular weight excluding hydrogens is 212 g/mol. The van der Waals surface area contributed by atoms with E-state index < -0.39 is 5.91 Å². The van der Waals surface area contributed by atoms with Crippen LogP contribution in [0.1, 0.15) is 18.5 Å². The molecule has 0 aliphatic rings. The van der Waals surface area contributed by atoms with Crippen LogP contribution in [0, 0.1) is 0 Å². The van der Waals surface area contributed by atoms with Crippen molar-refractivity contribution in [2.45, 2.75) is 13.0 Å². The monoisotopic (exact) mass is 226 g/mol. The Hall–Kier alpha value is -1.79. The molecule has 6 nitrogen and oxygen atoms in total. The molecule has 6 heteroatoms. The standard InChI is InChI=1S/C10H14N2O4/c1-6(12-16-5-10(11)15)7-2-8(13)4-9(14)3-7/h2-4,6,12-14H,5H2,1H3,(H2,11,15). The number of phenols is 2. The molecule has 0 saturated heterocycles. The van der Waals surface area contributed by atoms with Gasteiger partial charge in [-0.05, 0) is 24.6 Å². The number of rotatable bonds is 5. The van der Waals surface area contributed by atoms with Gasteiger partial charge < -0.3 is 15.9 Å². The highest BCUT2D eigenvalue weighted by Gasteiger charge is 2.08. The molecule has 1 amide bonds. The Morgan fingerprint density at radius 2 is 2.00 bits per heavy atom. The van der Waals surface area contributed by atoms with E-state index in [1.54, 1.807) is 6.92 Å². The molecule has 0 radical (unpaired) electrons. The topological polar surface area (TPSA) is 105 Å². The van der Waals surface area contributed by atoms with Gasteiger partial charge in [0.05, 0.1) is 6.04 Å². The van der Waals surface area contributed by atoms with Gasteiger partial charge >= 0.3 is 0 Å². The average molecular weight is 226 g/mol. The van der Waals surface area contributed by atoms with Crippen LogP contribution in [0.4, 0.5) is 0 Å². The smallest absolute Gasteiger partial charge is 0.245 e. The summed E-state index contributed by atoms with van der Waals surface area (Å²) in [5.74, 6) is -0.671. The highest BCUT2D eigenvalue weighted by Crippen LogP contribution is 2.24. The zero-order chi connectivity index (χ0) is 12.1. The van der Waals surface area contributed by atoms with Gasteiger partial charge in [-0.15, -0.1) is 0 Å². The summed E-state index contributed by atoms with van der Waals surface area (Å²) in [5.41, 5.74) is 8.07. The van der Waals surface area contributed by atoms with Crippen molar-refractivity contribution in [1.82, 2.24) is 5.48 Å². The number of amides is 1. The lowest BCUT2D eigenvalue weighted by molar-refractivity contribution is -0.126. The molecule has 1 rings (SSSR count). The van der Waals surface area contributed by atoms with E-state index in [2.05, 4.69) is 5.48 Å². The first-order valence-corrected chi connectivity index (χ1v) is 4.67. The molecular formula is C10H14N2O4. The molecule has 1 aromatic rings. The van der Waals surface area contributed by atoms with Crippen molar-refractivity contribution < 1.29 is 19.8 Å². The van der Waals surface area contributed by atoms with E-state index in [-0.39, 0.29) is 24.1 Å². The van der Waals surface area contributed by atoms with Crippen molar-refractivity contribution in [1.29, 1.82) is 0 Å². The Kier molecular flexibility index (Phi) is 4.10. The van der Waals surface area contributed by atoms with Gasteiger partial charge in [-0.2, -0.15) is 5.48 Å². The number of nitrogens with one attached hydrogen (secondary N) is 1. The van der Waals surface area contributed by atoms with Crippen molar-refractivity contribution in [3.8, 4) is 11.5 Å². The molecule has 0 aliphatic heterocycles. The van der Waals surface area contributed by atoms with E-state index in [4.69, 9.17) is 10.6 Å². The number of hydrogen-bond acceptors (Lipinski definition) is 5. The molecule has 0 aliphatic carbocycles. The zero-order valence-corrected chi connectivity index (χ0v) is 8.80. The molecule has 0 bridgehead atoms. The third-order valence-electron chi connectivity index (χ3n) is 1.90. The predicted molar refractivity (Wildman–Crippen MR) is 56.5 cm³/mol. The second kappa shape index (κ2) is 5.34. The van der Waals surface area contributed by atoms with Crippen LogP contribution in [-0.2, 0) is 9.63 Å². The molecule has 1 aromatic carbocycles. The van der Waals surface area contributed by atoms with E-state index >= 15 is 0 Å². The maximum atomic E-state index is 10.4. The second-order valence-electron chi connectivity index (χ2n) is 3.38. The number of phenolic OH excluding ortho intramolecular Hbond substituents is 2. The summed E-state index contributed by atoms with van der Waals surface area (Å²) in [6.45, 7) is 1.50. The Morgan fingerprint density at radius 1 is 1.44 bits per heavy atom. The Balaban J connectivity index is 2.58. The minimum atomic E-state index is -0.585. The van der Waals surface area contributed by atoms with Crippen LogP contribution < -0.4 is 11.2 Å². The Labute approximate surface area is 92.6 Å². The fraction of sp³-hybridized carbons (Fsp3) is 0.300. The van der Waals surface area contributed by atoms with Crippen LogP contribution in [0.15, 0.2) is 18.2 Å². The Bertz CT molecular complexity index is 361. The molecule has 88 valence electrons. The van der Waals surface area contributed by atoms with Crippen molar-refractivity contribution in [3.63, 3.8) is 0 Å². The summed E-state index contributed by atoms with van der Waals surface area (Å²) in [7, 11) is 0. The van der Waals surface area contributed by atoms with Crippen LogP contribution in [0.5, 0.6) is 11.5 Å². The average Bonchev–Trinajstić information content (AvgIpc) is 2.15. The van der Waals surface area contributed by atoms with Crippen molar-refractivity contribution in [3.05, 3.63) is 23.8 Å². The quantitative estimate of drug-likeness (QED) is 0.535. The molecule has 5 N–H and O–H groups in total. The van der Waals surface area contributed by atoms with Gasteiger partial charge in [0.1, 0.15) is 18.1 Å². The van der Waals surface area contributed by atoms with Crippen LogP contribution in [0.3, 0.4) is 0 Å². The van der Waals surface area contributed by atoms with E-state index in [1.165, 1.54) is 18.2 Å². The molecule has 0 fully saturated rings. The fourth-order valence-electron chi connectivity index (χ4n) is 1.17. The van der Waals surface area contributed by atoms with Gasteiger partial charge in [-0.1, -0.05) is 0 Å². The largest absolute Gasteiger partial charge is 0.508 e. The van der Waals surface area contributed by atoms with E-state index in [1.807, 2.05) is 0 Å². The molecule has 0 saturated carbocycles. The van der Waals surface area contributed by atoms with Crippen molar-refractivity contribution in [2.24, 2.45) is 5.73 Å². The second-order valence-corrected chi connectivity index (χ2v) is 3.38. The van der Waals surface area contributed by atoms with Gasteiger partial charge in [0.25, 0.3) is 0 Å². The molecule has 1 atom stereocenters. The van der Waals surface area contributed by atoms with Crippen LogP contribution in [0.25, 0.3) is 0 Å². The van der Waals surface area contributed by atoms with Gasteiger partial charge in [-0.3, -0.25) is 9.63 Å². The highest BCUT2D eigenvalue weighted by atomic mass is 16.6. The molecule has 0 aromatic heterocycles. The van der Waals surface area contributed by atoms with Crippen LogP contribution in [-0.4, -0.2) is 22.7 Å². The molecule has 0 spiro atoms. The van der Waals surface area contributed by atoms with Gasteiger partial charge in [-0.25, -0.2) is 0 Å². The number of benzene rings is 1. The number of carbonyl (C=O) groups is 1. The van der Waals surface area contributed by atoms with E-state index in [0.29, 0.717) is 5.56 Å². The summed E-state index contributed by atoms with van der Waals surface area (Å²) >= 11 is 0. The predicted octanol–water partition coefficient (Wildman–Crippen LogP) is 0.165. The first kappa shape index (κ1) is 12.3. The molecule has 16 heavy (non-hydrogen) atoms. The van der Waals surface area contributed by atoms with E-state index in [0.717, 1.165) is 0 Å². The van der Waals surface area contributed by atoms with Crippen molar-refractivity contribution in [2.75, 3.05) is 6.61 Å². The number of hydrogen-bond donors (Lipinski definition) is 4. The Morgan fingerprint density at radius 3 is 2.50 bits per heavy atom. The summed E-state index contributed by atoms with van der Waals surface area (Å²) in [6.07, 6.45) is 0. The summed E-state index contributed by atoms with van der Waals surface area (Å²) < 4.78 is 0. The fourth-order valence-corrected chi connectivity index (χ4v) is 1.17. The maximum absolute atomic E-state index is 10.4. The number of nitrogens with two attached hydrogens (primary N) is 1. The summed E-state index contributed by atoms with van der Waals surface area (Å²) in [5, 5.41) is 18.5. The minimum absolute atomic E-state index is 0.0430. The van der Waals surface area contributed by atoms with E-state index in [9.17, 15) is 15.0 Å². The van der Waals surface area contributed by atoms with Gasteiger partial charge in [0.2, 0.25) is 5.91 Å². The minimum Gasteiger partial charge on any atom is -0.508 e. The highest BCUT2D eigenvalue weighted by molar-refractivity contribution is 5.74. The zero-order valence-electron chi connectivity index (χ0n) is 8.80. The van der Waals surface area contributed by atoms with Crippen LogP contribution >= 0.6 is 0 Å². The number of primary amides is 1. The number of carbonyl (C=O) groups excluding carboxylic acids is 1. The number of hydroxylamine groups is 1. The van der Waals surface area contributed by atoms with Gasteiger partial charge in [0, 0.05) is 6.07 Å². The van der Waals surface area contributed by atoms with Crippen LogP contribution in [0.2, 0.25) is 0 Å². The summed E-state index contributed by atoms with van der Waals surface area (Å²) in [4.78, 5) is 15.2. The maximum Gasteiger partial charge on any atom is 0.245 e. The number of aromatic hydroxyl groups is 2. The van der Waals surface area contributed by atoms with Gasteiger partial charge in [0.15, 0.2) is 0 Å². The third kappa shape index (κ3) is 3.76.